The zero-order chi connectivity index (χ0) is 18.4. The van der Waals surface area contributed by atoms with Gasteiger partial charge in [0.05, 0.1) is 0 Å². The van der Waals surface area contributed by atoms with E-state index in [1.165, 1.54) is 5.56 Å². The number of rotatable bonds is 0. The average Bonchev–Trinajstić information content (AvgIpc) is 2.82. The van der Waals surface area contributed by atoms with Crippen LogP contribution in [0.2, 0.25) is 0 Å². The molecule has 0 saturated heterocycles. The van der Waals surface area contributed by atoms with E-state index in [0.717, 1.165) is 35.1 Å². The zero-order valence-electron chi connectivity index (χ0n) is 15.6. The molecular formula is C22H26O3. The normalized spacial score (nSPS) is 25.2. The number of phenols is 3. The highest BCUT2D eigenvalue weighted by Crippen LogP contribution is 2.64. The summed E-state index contributed by atoms with van der Waals surface area (Å²) in [5, 5.41) is 30.6. The van der Waals surface area contributed by atoms with Crippen LogP contribution >= 0.6 is 0 Å². The van der Waals surface area contributed by atoms with Gasteiger partial charge in [0.15, 0.2) is 11.5 Å². The number of fused-ring (bicyclic) bond motifs is 4. The predicted octanol–water partition coefficient (Wildman–Crippen LogP) is 4.76. The van der Waals surface area contributed by atoms with Gasteiger partial charge in [0.1, 0.15) is 5.75 Å². The highest BCUT2D eigenvalue weighted by Gasteiger charge is 2.56. The molecule has 3 heteroatoms. The van der Waals surface area contributed by atoms with Gasteiger partial charge in [-0.05, 0) is 76.6 Å². The third kappa shape index (κ3) is 1.98. The first-order valence-electron chi connectivity index (χ1n) is 8.89. The van der Waals surface area contributed by atoms with E-state index in [-0.39, 0.29) is 27.7 Å². The van der Waals surface area contributed by atoms with Crippen molar-refractivity contribution in [3.8, 4) is 17.2 Å². The molecule has 132 valence electrons. The van der Waals surface area contributed by atoms with E-state index in [4.69, 9.17) is 0 Å². The SMILES string of the molecule is Cc1cc2c(cc1O)[C@]1(CC2(C)C)CC(C)(C)c2cc(O)c(O)cc21. The van der Waals surface area contributed by atoms with E-state index >= 15 is 0 Å². The van der Waals surface area contributed by atoms with Crippen LogP contribution < -0.4 is 0 Å². The van der Waals surface area contributed by atoms with Gasteiger partial charge in [0.2, 0.25) is 0 Å². The van der Waals surface area contributed by atoms with Gasteiger partial charge >= 0.3 is 0 Å². The van der Waals surface area contributed by atoms with Crippen LogP contribution in [-0.2, 0) is 16.2 Å². The predicted molar refractivity (Wildman–Crippen MR) is 98.7 cm³/mol. The molecule has 1 atom stereocenters. The van der Waals surface area contributed by atoms with Crippen molar-refractivity contribution in [3.05, 3.63) is 52.1 Å². The van der Waals surface area contributed by atoms with Crippen molar-refractivity contribution >= 4 is 0 Å². The molecule has 0 saturated carbocycles. The van der Waals surface area contributed by atoms with E-state index in [9.17, 15) is 15.3 Å². The van der Waals surface area contributed by atoms with Crippen LogP contribution in [0.1, 0.15) is 68.4 Å². The van der Waals surface area contributed by atoms with E-state index in [1.807, 2.05) is 13.0 Å². The zero-order valence-corrected chi connectivity index (χ0v) is 15.6. The molecule has 4 rings (SSSR count). The van der Waals surface area contributed by atoms with E-state index in [1.54, 1.807) is 12.1 Å². The van der Waals surface area contributed by atoms with Gasteiger partial charge in [-0.15, -0.1) is 0 Å². The van der Waals surface area contributed by atoms with Crippen molar-refractivity contribution < 1.29 is 15.3 Å². The molecule has 3 N–H and O–H groups in total. The summed E-state index contributed by atoms with van der Waals surface area (Å²) in [5.41, 5.74) is 5.15. The second-order valence-corrected chi connectivity index (χ2v) is 9.27. The van der Waals surface area contributed by atoms with Crippen molar-refractivity contribution in [2.45, 2.75) is 63.7 Å². The first-order valence-corrected chi connectivity index (χ1v) is 8.89. The number of benzene rings is 2. The fourth-order valence-corrected chi connectivity index (χ4v) is 5.47. The molecule has 2 aliphatic carbocycles. The Kier molecular flexibility index (Phi) is 2.95. The van der Waals surface area contributed by atoms with Crippen LogP contribution in [0.15, 0.2) is 24.3 Å². The van der Waals surface area contributed by atoms with Crippen molar-refractivity contribution in [1.29, 1.82) is 0 Å². The summed E-state index contributed by atoms with van der Waals surface area (Å²) >= 11 is 0. The maximum atomic E-state index is 10.4. The molecule has 0 fully saturated rings. The van der Waals surface area contributed by atoms with E-state index in [2.05, 4.69) is 33.8 Å². The Bertz CT molecular complexity index is 830. The van der Waals surface area contributed by atoms with Gasteiger partial charge in [0, 0.05) is 5.41 Å². The Balaban J connectivity index is 2.07. The Hall–Kier alpha value is -2.16. The third-order valence-corrected chi connectivity index (χ3v) is 6.43. The Morgan fingerprint density at radius 1 is 0.640 bits per heavy atom. The van der Waals surface area contributed by atoms with E-state index in [0.29, 0.717) is 5.75 Å². The van der Waals surface area contributed by atoms with Crippen molar-refractivity contribution in [3.63, 3.8) is 0 Å². The number of aryl methyl sites for hydroxylation is 1. The van der Waals surface area contributed by atoms with Crippen LogP contribution in [0.4, 0.5) is 0 Å². The van der Waals surface area contributed by atoms with Gasteiger partial charge in [0.25, 0.3) is 0 Å². The fourth-order valence-electron chi connectivity index (χ4n) is 5.47. The fraction of sp³-hybridized carbons (Fsp3) is 0.455. The highest BCUT2D eigenvalue weighted by molar-refractivity contribution is 5.64. The number of aromatic hydroxyl groups is 3. The van der Waals surface area contributed by atoms with Gasteiger partial charge in [-0.2, -0.15) is 0 Å². The van der Waals surface area contributed by atoms with Crippen molar-refractivity contribution in [2.75, 3.05) is 0 Å². The van der Waals surface area contributed by atoms with Crippen molar-refractivity contribution in [1.82, 2.24) is 0 Å². The lowest BCUT2D eigenvalue weighted by atomic mass is 9.72. The monoisotopic (exact) mass is 338 g/mol. The Morgan fingerprint density at radius 2 is 1.04 bits per heavy atom. The standard InChI is InChI=1S/C22H26O3/c1-12-6-13-15(8-17(12)23)22(10-20(13,2)3)11-21(4,5)14-7-18(24)19(25)9-16(14)22/h6-9,23-25H,10-11H2,1-5H3/t22-/m0/s1. The summed E-state index contributed by atoms with van der Waals surface area (Å²) in [5.74, 6) is 0.191. The minimum absolute atomic E-state index is 0.0149. The minimum atomic E-state index is -0.242. The number of hydrogen-bond donors (Lipinski definition) is 3. The Labute approximate surface area is 149 Å². The molecule has 3 nitrogen and oxygen atoms in total. The first-order chi connectivity index (χ1) is 11.5. The molecule has 2 aromatic rings. The summed E-state index contributed by atoms with van der Waals surface area (Å²) < 4.78 is 0. The molecule has 1 spiro atoms. The maximum absolute atomic E-state index is 10.4. The molecular weight excluding hydrogens is 312 g/mol. The third-order valence-electron chi connectivity index (χ3n) is 6.43. The lowest BCUT2D eigenvalue weighted by Gasteiger charge is -2.30. The highest BCUT2D eigenvalue weighted by atomic mass is 16.3. The molecule has 0 radical (unpaired) electrons. The summed E-state index contributed by atoms with van der Waals surface area (Å²) in [7, 11) is 0. The number of phenolic OH excluding ortho intramolecular Hbond substituents is 3. The van der Waals surface area contributed by atoms with Crippen LogP contribution in [0, 0.1) is 6.92 Å². The topological polar surface area (TPSA) is 60.7 Å². The second-order valence-electron chi connectivity index (χ2n) is 9.27. The lowest BCUT2D eigenvalue weighted by Crippen LogP contribution is -2.26. The van der Waals surface area contributed by atoms with Gasteiger partial charge < -0.3 is 15.3 Å². The molecule has 0 amide bonds. The summed E-state index contributed by atoms with van der Waals surface area (Å²) in [4.78, 5) is 0. The molecule has 0 aromatic heterocycles. The summed E-state index contributed by atoms with van der Waals surface area (Å²) in [6, 6.07) is 7.50. The molecule has 0 heterocycles. The van der Waals surface area contributed by atoms with Gasteiger partial charge in [-0.3, -0.25) is 0 Å². The quantitative estimate of drug-likeness (QED) is 0.607. The van der Waals surface area contributed by atoms with Crippen LogP contribution in [0.5, 0.6) is 17.2 Å². The van der Waals surface area contributed by atoms with Crippen LogP contribution in [0.3, 0.4) is 0 Å². The van der Waals surface area contributed by atoms with E-state index < -0.39 is 0 Å². The molecule has 2 aromatic carbocycles. The molecule has 0 aliphatic heterocycles. The summed E-state index contributed by atoms with van der Waals surface area (Å²) in [6.45, 7) is 10.8. The maximum Gasteiger partial charge on any atom is 0.157 e. The largest absolute Gasteiger partial charge is 0.508 e. The smallest absolute Gasteiger partial charge is 0.157 e. The van der Waals surface area contributed by atoms with Gasteiger partial charge in [-0.25, -0.2) is 0 Å². The molecule has 25 heavy (non-hydrogen) atoms. The molecule has 0 unspecified atom stereocenters. The lowest BCUT2D eigenvalue weighted by molar-refractivity contribution is 0.348. The second kappa shape index (κ2) is 4.51. The van der Waals surface area contributed by atoms with Crippen LogP contribution in [-0.4, -0.2) is 15.3 Å². The Morgan fingerprint density at radius 3 is 1.56 bits per heavy atom. The first kappa shape index (κ1) is 16.3. The molecule has 2 aliphatic rings. The summed E-state index contributed by atoms with van der Waals surface area (Å²) in [6.07, 6.45) is 1.83. The minimum Gasteiger partial charge on any atom is -0.508 e. The van der Waals surface area contributed by atoms with Gasteiger partial charge in [-0.1, -0.05) is 33.8 Å². The molecule has 0 bridgehead atoms. The van der Waals surface area contributed by atoms with Crippen LogP contribution in [0.25, 0.3) is 0 Å². The average molecular weight is 338 g/mol. The number of hydrogen-bond acceptors (Lipinski definition) is 3. The van der Waals surface area contributed by atoms with Crippen molar-refractivity contribution in [2.24, 2.45) is 0 Å².